The molecule has 0 radical (unpaired) electrons. The van der Waals surface area contributed by atoms with Gasteiger partial charge in [0.1, 0.15) is 5.69 Å². The van der Waals surface area contributed by atoms with Crippen molar-refractivity contribution in [2.24, 2.45) is 5.14 Å². The molecule has 2 rings (SSSR count). The fraction of sp³-hybridized carbons (Fsp3) is 0.500. The van der Waals surface area contributed by atoms with Crippen LogP contribution < -0.4 is 5.14 Å². The van der Waals surface area contributed by atoms with E-state index in [1.54, 1.807) is 10.3 Å². The lowest BCUT2D eigenvalue weighted by atomic mass is 10.3. The van der Waals surface area contributed by atoms with E-state index in [2.05, 4.69) is 4.98 Å². The predicted molar refractivity (Wildman–Crippen MR) is 58.9 cm³/mol. The van der Waals surface area contributed by atoms with Crippen molar-refractivity contribution in [2.45, 2.75) is 4.34 Å². The number of morpholine rings is 1. The molecule has 1 fully saturated rings. The molecule has 15 heavy (non-hydrogen) atoms. The Balaban J connectivity index is 2.05. The van der Waals surface area contributed by atoms with Crippen LogP contribution in [0.25, 0.3) is 0 Å². The van der Waals surface area contributed by atoms with E-state index < -0.39 is 0 Å². The maximum Gasteiger partial charge on any atom is 0.273 e. The SMILES string of the molecule is NSc1nc(C(=O)N2CCOCC2)cs1. The van der Waals surface area contributed by atoms with E-state index in [0.717, 1.165) is 11.9 Å². The Hall–Kier alpha value is -0.630. The number of nitrogens with zero attached hydrogens (tertiary/aromatic N) is 2. The molecule has 1 aliphatic rings. The largest absolute Gasteiger partial charge is 0.378 e. The number of aromatic nitrogens is 1. The zero-order chi connectivity index (χ0) is 10.7. The molecule has 7 heteroatoms. The first-order chi connectivity index (χ1) is 7.31. The average Bonchev–Trinajstić information content (AvgIpc) is 2.78. The zero-order valence-corrected chi connectivity index (χ0v) is 9.64. The second-order valence-corrected chi connectivity index (χ2v) is 4.76. The molecule has 0 spiro atoms. The molecule has 0 bridgehead atoms. The average molecular weight is 245 g/mol. The summed E-state index contributed by atoms with van der Waals surface area (Å²) >= 11 is 2.46. The quantitative estimate of drug-likeness (QED) is 0.772. The Morgan fingerprint density at radius 3 is 2.93 bits per heavy atom. The van der Waals surface area contributed by atoms with Gasteiger partial charge in [0.2, 0.25) is 0 Å². The van der Waals surface area contributed by atoms with E-state index in [1.165, 1.54) is 11.3 Å². The molecule has 1 amide bonds. The van der Waals surface area contributed by atoms with Crippen LogP contribution in [0, 0.1) is 0 Å². The fourth-order valence-electron chi connectivity index (χ4n) is 1.34. The van der Waals surface area contributed by atoms with Gasteiger partial charge in [-0.3, -0.25) is 9.93 Å². The predicted octanol–water partition coefficient (Wildman–Crippen LogP) is 0.581. The van der Waals surface area contributed by atoms with Crippen LogP contribution in [0.5, 0.6) is 0 Å². The van der Waals surface area contributed by atoms with Crippen molar-refractivity contribution < 1.29 is 9.53 Å². The molecule has 1 saturated heterocycles. The topological polar surface area (TPSA) is 68.5 Å². The summed E-state index contributed by atoms with van der Waals surface area (Å²) in [4.78, 5) is 17.8. The van der Waals surface area contributed by atoms with Crippen molar-refractivity contribution in [3.8, 4) is 0 Å². The summed E-state index contributed by atoms with van der Waals surface area (Å²) in [6.45, 7) is 2.49. The lowest BCUT2D eigenvalue weighted by Crippen LogP contribution is -2.40. The van der Waals surface area contributed by atoms with Gasteiger partial charge in [0.05, 0.1) is 13.2 Å². The lowest BCUT2D eigenvalue weighted by molar-refractivity contribution is 0.0299. The molecule has 0 atom stereocenters. The maximum atomic E-state index is 11.9. The molecule has 2 N–H and O–H groups in total. The van der Waals surface area contributed by atoms with E-state index >= 15 is 0 Å². The first-order valence-corrected chi connectivity index (χ1v) is 6.26. The molecule has 0 aliphatic carbocycles. The van der Waals surface area contributed by atoms with Crippen molar-refractivity contribution in [1.82, 2.24) is 9.88 Å². The van der Waals surface area contributed by atoms with Gasteiger partial charge >= 0.3 is 0 Å². The van der Waals surface area contributed by atoms with E-state index in [0.29, 0.717) is 36.3 Å². The number of ether oxygens (including phenoxy) is 1. The highest BCUT2D eigenvalue weighted by molar-refractivity contribution is 7.98. The van der Waals surface area contributed by atoms with Crippen LogP contribution in [0.2, 0.25) is 0 Å². The number of rotatable bonds is 2. The Kier molecular flexibility index (Phi) is 3.57. The third kappa shape index (κ3) is 2.49. The van der Waals surface area contributed by atoms with Gasteiger partial charge in [-0.1, -0.05) is 0 Å². The third-order valence-corrected chi connectivity index (χ3v) is 3.61. The second-order valence-electron chi connectivity index (χ2n) is 3.02. The molecule has 2 heterocycles. The van der Waals surface area contributed by atoms with Gasteiger partial charge in [-0.05, 0) is 11.9 Å². The first kappa shape index (κ1) is 10.9. The van der Waals surface area contributed by atoms with Gasteiger partial charge in [0.25, 0.3) is 5.91 Å². The number of hydrogen-bond donors (Lipinski definition) is 1. The summed E-state index contributed by atoms with van der Waals surface area (Å²) in [5.41, 5.74) is 0.481. The molecule has 5 nitrogen and oxygen atoms in total. The minimum Gasteiger partial charge on any atom is -0.378 e. The molecular formula is C8H11N3O2S2. The number of nitrogens with two attached hydrogens (primary N) is 1. The highest BCUT2D eigenvalue weighted by Crippen LogP contribution is 2.18. The third-order valence-electron chi connectivity index (χ3n) is 2.10. The molecular weight excluding hydrogens is 234 g/mol. The van der Waals surface area contributed by atoms with Crippen LogP contribution >= 0.6 is 23.3 Å². The molecule has 0 unspecified atom stereocenters. The van der Waals surface area contributed by atoms with Crippen molar-refractivity contribution in [3.05, 3.63) is 11.1 Å². The minimum absolute atomic E-state index is 0.0325. The summed E-state index contributed by atoms with van der Waals surface area (Å²) < 4.78 is 5.89. The second kappa shape index (κ2) is 4.93. The molecule has 1 aromatic rings. The first-order valence-electron chi connectivity index (χ1n) is 4.50. The molecule has 0 saturated carbocycles. The summed E-state index contributed by atoms with van der Waals surface area (Å²) in [6.07, 6.45) is 0. The van der Waals surface area contributed by atoms with Gasteiger partial charge in [0.15, 0.2) is 4.34 Å². The van der Waals surface area contributed by atoms with Gasteiger partial charge in [0, 0.05) is 18.5 Å². The Labute approximate surface area is 95.7 Å². The maximum absolute atomic E-state index is 11.9. The van der Waals surface area contributed by atoms with Crippen LogP contribution in [0.4, 0.5) is 0 Å². The number of hydrogen-bond acceptors (Lipinski definition) is 6. The summed E-state index contributed by atoms with van der Waals surface area (Å²) in [5.74, 6) is -0.0325. The highest BCUT2D eigenvalue weighted by Gasteiger charge is 2.20. The summed E-state index contributed by atoms with van der Waals surface area (Å²) in [7, 11) is 0. The summed E-state index contributed by atoms with van der Waals surface area (Å²) in [5, 5.41) is 7.10. The summed E-state index contributed by atoms with van der Waals surface area (Å²) in [6, 6.07) is 0. The number of thiazole rings is 1. The van der Waals surface area contributed by atoms with Crippen LogP contribution in [-0.2, 0) is 4.74 Å². The van der Waals surface area contributed by atoms with E-state index in [4.69, 9.17) is 9.88 Å². The molecule has 1 aromatic heterocycles. The molecule has 82 valence electrons. The highest BCUT2D eigenvalue weighted by atomic mass is 32.2. The van der Waals surface area contributed by atoms with Gasteiger partial charge in [-0.25, -0.2) is 4.98 Å². The van der Waals surface area contributed by atoms with Crippen molar-refractivity contribution >= 4 is 29.2 Å². The zero-order valence-electron chi connectivity index (χ0n) is 8.01. The molecule has 1 aliphatic heterocycles. The van der Waals surface area contributed by atoms with Crippen LogP contribution in [0.1, 0.15) is 10.5 Å². The van der Waals surface area contributed by atoms with Gasteiger partial charge in [-0.2, -0.15) is 0 Å². The van der Waals surface area contributed by atoms with Crippen LogP contribution in [-0.4, -0.2) is 42.1 Å². The van der Waals surface area contributed by atoms with Crippen molar-refractivity contribution in [1.29, 1.82) is 0 Å². The minimum atomic E-state index is -0.0325. The van der Waals surface area contributed by atoms with E-state index in [-0.39, 0.29) is 5.91 Å². The molecule has 0 aromatic carbocycles. The Bertz CT molecular complexity index is 349. The normalized spacial score (nSPS) is 16.7. The number of amides is 1. The number of carbonyl (C=O) groups excluding carboxylic acids is 1. The van der Waals surface area contributed by atoms with Gasteiger partial charge < -0.3 is 9.64 Å². The smallest absolute Gasteiger partial charge is 0.273 e. The lowest BCUT2D eigenvalue weighted by Gasteiger charge is -2.25. The Morgan fingerprint density at radius 2 is 2.33 bits per heavy atom. The van der Waals surface area contributed by atoms with Crippen molar-refractivity contribution in [3.63, 3.8) is 0 Å². The van der Waals surface area contributed by atoms with Crippen LogP contribution in [0.3, 0.4) is 0 Å². The number of carbonyl (C=O) groups is 1. The van der Waals surface area contributed by atoms with E-state index in [1.807, 2.05) is 0 Å². The Morgan fingerprint density at radius 1 is 1.60 bits per heavy atom. The fourth-order valence-corrected chi connectivity index (χ4v) is 2.37. The van der Waals surface area contributed by atoms with E-state index in [9.17, 15) is 4.79 Å². The van der Waals surface area contributed by atoms with Crippen LogP contribution in [0.15, 0.2) is 9.72 Å². The standard InChI is InChI=1S/C8H11N3O2S2/c9-15-8-10-6(5-14-8)7(12)11-1-3-13-4-2-11/h5H,1-4,9H2. The monoisotopic (exact) mass is 245 g/mol. The van der Waals surface area contributed by atoms with Gasteiger partial charge in [-0.15, -0.1) is 11.3 Å². The van der Waals surface area contributed by atoms with Crippen molar-refractivity contribution in [2.75, 3.05) is 26.3 Å².